The van der Waals surface area contributed by atoms with Crippen LogP contribution in [0.3, 0.4) is 0 Å². The number of hydrogen-bond acceptors (Lipinski definition) is 3. The molecule has 4 rings (SSSR count). The molecule has 0 bridgehead atoms. The fourth-order valence-corrected chi connectivity index (χ4v) is 3.51. The van der Waals surface area contributed by atoms with Crippen molar-refractivity contribution >= 4 is 39.0 Å². The van der Waals surface area contributed by atoms with Crippen molar-refractivity contribution in [2.45, 2.75) is 25.9 Å². The van der Waals surface area contributed by atoms with Gasteiger partial charge in [0.15, 0.2) is 0 Å². The lowest BCUT2D eigenvalue weighted by molar-refractivity contribution is 0.407. The van der Waals surface area contributed by atoms with E-state index in [1.165, 1.54) is 16.3 Å². The first-order chi connectivity index (χ1) is 13.5. The Hall–Kier alpha value is -2.62. The van der Waals surface area contributed by atoms with Crippen molar-refractivity contribution in [1.82, 2.24) is 10.3 Å². The number of fused-ring (bicyclic) bond motifs is 2. The standard InChI is InChI=1S/C24H24ClN3/c1-24(2,28-15-17-7-8-18-5-3-4-6-19(18)13-17)16-27-22-11-12-26-23-14-20(25)9-10-21(22)23/h3-14,28H,15-16H2,1-2H3,(H,26,27). The molecular weight excluding hydrogens is 366 g/mol. The number of nitrogens with zero attached hydrogens (tertiary/aromatic N) is 1. The molecule has 4 aromatic rings. The summed E-state index contributed by atoms with van der Waals surface area (Å²) in [7, 11) is 0. The third-order valence-corrected chi connectivity index (χ3v) is 5.25. The molecule has 0 radical (unpaired) electrons. The van der Waals surface area contributed by atoms with Crippen LogP contribution in [0.5, 0.6) is 0 Å². The predicted octanol–water partition coefficient (Wildman–Crippen LogP) is 6.02. The molecule has 4 heteroatoms. The summed E-state index contributed by atoms with van der Waals surface area (Å²) in [5, 5.41) is 11.6. The number of nitrogens with one attached hydrogen (secondary N) is 2. The average molecular weight is 390 g/mol. The van der Waals surface area contributed by atoms with Crippen LogP contribution in [0.15, 0.2) is 72.9 Å². The molecule has 3 nitrogen and oxygen atoms in total. The summed E-state index contributed by atoms with van der Waals surface area (Å²) >= 11 is 6.09. The van der Waals surface area contributed by atoms with Crippen LogP contribution >= 0.6 is 11.6 Å². The maximum atomic E-state index is 6.09. The van der Waals surface area contributed by atoms with E-state index in [2.05, 4.69) is 71.9 Å². The van der Waals surface area contributed by atoms with E-state index in [0.29, 0.717) is 5.02 Å². The Morgan fingerprint density at radius 3 is 2.61 bits per heavy atom. The second-order valence-corrected chi connectivity index (χ2v) is 8.23. The van der Waals surface area contributed by atoms with Gasteiger partial charge in [-0.1, -0.05) is 48.0 Å². The quantitative estimate of drug-likeness (QED) is 0.423. The van der Waals surface area contributed by atoms with Gasteiger partial charge < -0.3 is 10.6 Å². The number of pyridine rings is 1. The number of hydrogen-bond donors (Lipinski definition) is 2. The third-order valence-electron chi connectivity index (χ3n) is 5.01. The Labute approximate surface area is 170 Å². The summed E-state index contributed by atoms with van der Waals surface area (Å²) in [5.74, 6) is 0. The monoisotopic (exact) mass is 389 g/mol. The molecule has 0 saturated heterocycles. The van der Waals surface area contributed by atoms with Crippen LogP contribution in [-0.2, 0) is 6.54 Å². The lowest BCUT2D eigenvalue weighted by atomic mass is 10.0. The molecule has 0 spiro atoms. The first-order valence-electron chi connectivity index (χ1n) is 9.51. The van der Waals surface area contributed by atoms with Crippen LogP contribution in [0.25, 0.3) is 21.7 Å². The van der Waals surface area contributed by atoms with E-state index in [0.717, 1.165) is 29.7 Å². The lowest BCUT2D eigenvalue weighted by Gasteiger charge is -2.28. The topological polar surface area (TPSA) is 37.0 Å². The van der Waals surface area contributed by atoms with Gasteiger partial charge in [0.25, 0.3) is 0 Å². The molecule has 0 atom stereocenters. The second kappa shape index (κ2) is 7.78. The summed E-state index contributed by atoms with van der Waals surface area (Å²) in [6.07, 6.45) is 1.82. The van der Waals surface area contributed by atoms with Crippen LogP contribution in [0, 0.1) is 0 Å². The zero-order valence-corrected chi connectivity index (χ0v) is 16.9. The summed E-state index contributed by atoms with van der Waals surface area (Å²) < 4.78 is 0. The van der Waals surface area contributed by atoms with Crippen molar-refractivity contribution in [2.24, 2.45) is 0 Å². The smallest absolute Gasteiger partial charge is 0.0737 e. The van der Waals surface area contributed by atoms with Gasteiger partial charge in [-0.3, -0.25) is 4.98 Å². The molecule has 2 N–H and O–H groups in total. The fourth-order valence-electron chi connectivity index (χ4n) is 3.34. The Morgan fingerprint density at radius 1 is 0.929 bits per heavy atom. The third kappa shape index (κ3) is 4.27. The van der Waals surface area contributed by atoms with Crippen molar-refractivity contribution < 1.29 is 0 Å². The Balaban J connectivity index is 1.42. The molecule has 1 heterocycles. The number of anilines is 1. The second-order valence-electron chi connectivity index (χ2n) is 7.79. The van der Waals surface area contributed by atoms with E-state index in [9.17, 15) is 0 Å². The van der Waals surface area contributed by atoms with Gasteiger partial charge in [0, 0.05) is 40.9 Å². The minimum Gasteiger partial charge on any atom is -0.383 e. The molecule has 0 saturated carbocycles. The molecule has 3 aromatic carbocycles. The normalized spacial score (nSPS) is 11.8. The zero-order chi connectivity index (χ0) is 19.6. The number of halogens is 1. The van der Waals surface area contributed by atoms with Gasteiger partial charge in [-0.2, -0.15) is 0 Å². The molecular formula is C24H24ClN3. The van der Waals surface area contributed by atoms with Crippen molar-refractivity contribution in [3.8, 4) is 0 Å². The molecule has 0 aliphatic heterocycles. The van der Waals surface area contributed by atoms with Gasteiger partial charge in [-0.25, -0.2) is 0 Å². The Bertz CT molecular complexity index is 1120. The van der Waals surface area contributed by atoms with Crippen molar-refractivity contribution in [1.29, 1.82) is 0 Å². The molecule has 0 aliphatic carbocycles. The van der Waals surface area contributed by atoms with E-state index >= 15 is 0 Å². The zero-order valence-electron chi connectivity index (χ0n) is 16.2. The molecule has 28 heavy (non-hydrogen) atoms. The summed E-state index contributed by atoms with van der Waals surface area (Å²) in [6.45, 7) is 6.04. The molecule has 0 aliphatic rings. The van der Waals surface area contributed by atoms with E-state index in [1.54, 1.807) is 0 Å². The number of aromatic nitrogens is 1. The van der Waals surface area contributed by atoms with Gasteiger partial charge in [0.05, 0.1) is 5.52 Å². The van der Waals surface area contributed by atoms with Gasteiger partial charge in [0.1, 0.15) is 0 Å². The first-order valence-corrected chi connectivity index (χ1v) is 9.89. The highest BCUT2D eigenvalue weighted by molar-refractivity contribution is 6.31. The number of benzene rings is 3. The Morgan fingerprint density at radius 2 is 1.75 bits per heavy atom. The molecule has 1 aromatic heterocycles. The van der Waals surface area contributed by atoms with Crippen molar-refractivity contribution in [3.63, 3.8) is 0 Å². The SMILES string of the molecule is CC(C)(CNc1ccnc2cc(Cl)ccc12)NCc1ccc2ccccc2c1. The maximum Gasteiger partial charge on any atom is 0.0737 e. The molecule has 0 fully saturated rings. The van der Waals surface area contributed by atoms with E-state index in [-0.39, 0.29) is 5.54 Å². The van der Waals surface area contributed by atoms with Gasteiger partial charge in [-0.15, -0.1) is 0 Å². The van der Waals surface area contributed by atoms with Crippen molar-refractivity contribution in [3.05, 3.63) is 83.5 Å². The highest BCUT2D eigenvalue weighted by atomic mass is 35.5. The summed E-state index contributed by atoms with van der Waals surface area (Å²) in [6, 6.07) is 22.9. The van der Waals surface area contributed by atoms with Crippen molar-refractivity contribution in [2.75, 3.05) is 11.9 Å². The van der Waals surface area contributed by atoms with Crippen LogP contribution in [-0.4, -0.2) is 17.1 Å². The lowest BCUT2D eigenvalue weighted by Crippen LogP contribution is -2.44. The van der Waals surface area contributed by atoms with Crippen LogP contribution in [0.1, 0.15) is 19.4 Å². The highest BCUT2D eigenvalue weighted by Crippen LogP contribution is 2.25. The molecule has 142 valence electrons. The van der Waals surface area contributed by atoms with Gasteiger partial charge in [0.2, 0.25) is 0 Å². The minimum atomic E-state index is -0.0757. The highest BCUT2D eigenvalue weighted by Gasteiger charge is 2.17. The van der Waals surface area contributed by atoms with E-state index in [1.807, 2.05) is 30.5 Å². The van der Waals surface area contributed by atoms with E-state index in [4.69, 9.17) is 11.6 Å². The molecule has 0 unspecified atom stereocenters. The summed E-state index contributed by atoms with van der Waals surface area (Å²) in [5.41, 5.74) is 3.19. The van der Waals surface area contributed by atoms with Gasteiger partial charge >= 0.3 is 0 Å². The average Bonchev–Trinajstić information content (AvgIpc) is 2.70. The fraction of sp³-hybridized carbons (Fsp3) is 0.208. The summed E-state index contributed by atoms with van der Waals surface area (Å²) in [4.78, 5) is 4.41. The van der Waals surface area contributed by atoms with Crippen LogP contribution < -0.4 is 10.6 Å². The predicted molar refractivity (Wildman–Crippen MR) is 120 cm³/mol. The number of rotatable bonds is 6. The van der Waals surface area contributed by atoms with Crippen LogP contribution in [0.2, 0.25) is 5.02 Å². The molecule has 0 amide bonds. The van der Waals surface area contributed by atoms with Crippen LogP contribution in [0.4, 0.5) is 5.69 Å². The Kier molecular flexibility index (Phi) is 5.21. The maximum absolute atomic E-state index is 6.09. The van der Waals surface area contributed by atoms with Gasteiger partial charge in [-0.05, 0) is 60.5 Å². The van der Waals surface area contributed by atoms with E-state index < -0.39 is 0 Å². The largest absolute Gasteiger partial charge is 0.383 e. The minimum absolute atomic E-state index is 0.0757. The first kappa shape index (κ1) is 18.7.